The van der Waals surface area contributed by atoms with Crippen molar-refractivity contribution in [1.82, 2.24) is 0 Å². The van der Waals surface area contributed by atoms with Gasteiger partial charge in [0.05, 0.1) is 0 Å². The van der Waals surface area contributed by atoms with Crippen LogP contribution < -0.4 is 0 Å². The predicted molar refractivity (Wildman–Crippen MR) is 69.9 cm³/mol. The Hall–Kier alpha value is -1.56. The van der Waals surface area contributed by atoms with Crippen molar-refractivity contribution < 1.29 is 0 Å². The van der Waals surface area contributed by atoms with Crippen LogP contribution in [0.2, 0.25) is 0 Å². The van der Waals surface area contributed by atoms with E-state index >= 15 is 0 Å². The Balaban J connectivity index is 2.20. The smallest absolute Gasteiger partial charge is 0.00257 e. The molecule has 0 radical (unpaired) electrons. The lowest BCUT2D eigenvalue weighted by Gasteiger charge is -2.06. The number of aryl methyl sites for hydroxylation is 3. The largest absolute Gasteiger partial charge is 0.0590 e. The molecule has 2 rings (SSSR count). The fourth-order valence-electron chi connectivity index (χ4n) is 1.86. The summed E-state index contributed by atoms with van der Waals surface area (Å²) in [6.45, 7) is 6.46. The van der Waals surface area contributed by atoms with Gasteiger partial charge in [0.1, 0.15) is 0 Å². The molecule has 0 atom stereocenters. The normalized spacial score (nSPS) is 10.4. The van der Waals surface area contributed by atoms with Crippen molar-refractivity contribution in [3.63, 3.8) is 0 Å². The quantitative estimate of drug-likeness (QED) is 0.696. The third kappa shape index (κ3) is 2.52. The molecule has 0 fully saturated rings. The van der Waals surface area contributed by atoms with Gasteiger partial charge in [0.2, 0.25) is 0 Å². The molecule has 0 aliphatic carbocycles. The van der Waals surface area contributed by atoms with Crippen LogP contribution in [-0.2, 0) is 6.42 Å². The molecule has 0 nitrogen and oxygen atoms in total. The second kappa shape index (κ2) is 4.52. The first-order chi connectivity index (χ1) is 7.65. The molecule has 0 bridgehead atoms. The number of benzene rings is 2. The van der Waals surface area contributed by atoms with Gasteiger partial charge in [-0.3, -0.25) is 0 Å². The lowest BCUT2D eigenvalue weighted by Crippen LogP contribution is -1.90. The molecule has 0 saturated carbocycles. The van der Waals surface area contributed by atoms with Crippen LogP contribution >= 0.6 is 0 Å². The topological polar surface area (TPSA) is 0 Å². The highest BCUT2D eigenvalue weighted by atomic mass is 14.0. The van der Waals surface area contributed by atoms with E-state index in [0.29, 0.717) is 0 Å². The van der Waals surface area contributed by atoms with Gasteiger partial charge >= 0.3 is 0 Å². The molecular weight excluding hydrogens is 192 g/mol. The summed E-state index contributed by atoms with van der Waals surface area (Å²) in [5.41, 5.74) is 6.85. The third-order valence-corrected chi connectivity index (χ3v) is 3.10. The fraction of sp³-hybridized carbons (Fsp3) is 0.250. The zero-order valence-electron chi connectivity index (χ0n) is 10.2. The van der Waals surface area contributed by atoms with E-state index in [1.165, 1.54) is 27.8 Å². The van der Waals surface area contributed by atoms with E-state index in [0.717, 1.165) is 6.42 Å². The van der Waals surface area contributed by atoms with Crippen LogP contribution in [0, 0.1) is 20.8 Å². The fourth-order valence-corrected chi connectivity index (χ4v) is 1.86. The molecule has 0 aliphatic heterocycles. The van der Waals surface area contributed by atoms with Gasteiger partial charge in [-0.1, -0.05) is 48.0 Å². The molecule has 0 aromatic heterocycles. The van der Waals surface area contributed by atoms with Crippen molar-refractivity contribution in [3.05, 3.63) is 70.3 Å². The molecule has 0 unspecified atom stereocenters. The Morgan fingerprint density at radius 1 is 0.688 bits per heavy atom. The van der Waals surface area contributed by atoms with Crippen LogP contribution in [0.5, 0.6) is 0 Å². The van der Waals surface area contributed by atoms with Crippen molar-refractivity contribution in [3.8, 4) is 0 Å². The van der Waals surface area contributed by atoms with Crippen molar-refractivity contribution in [1.29, 1.82) is 0 Å². The maximum absolute atomic E-state index is 2.29. The number of hydrogen-bond donors (Lipinski definition) is 0. The second-order valence-electron chi connectivity index (χ2n) is 4.58. The Kier molecular flexibility index (Phi) is 3.09. The summed E-state index contributed by atoms with van der Waals surface area (Å²) in [4.78, 5) is 0. The Labute approximate surface area is 97.9 Å². The van der Waals surface area contributed by atoms with Crippen molar-refractivity contribution >= 4 is 0 Å². The second-order valence-corrected chi connectivity index (χ2v) is 4.58. The molecule has 0 amide bonds. The Morgan fingerprint density at radius 3 is 1.94 bits per heavy atom. The molecule has 0 heterocycles. The van der Waals surface area contributed by atoms with E-state index in [9.17, 15) is 0 Å². The zero-order valence-corrected chi connectivity index (χ0v) is 10.2. The lowest BCUT2D eigenvalue weighted by molar-refractivity contribution is 1.16. The van der Waals surface area contributed by atoms with Gasteiger partial charge in [0, 0.05) is 0 Å². The average molecular weight is 210 g/mol. The van der Waals surface area contributed by atoms with E-state index in [1.807, 2.05) is 0 Å². The molecule has 0 aliphatic rings. The first kappa shape index (κ1) is 10.9. The highest BCUT2D eigenvalue weighted by Crippen LogP contribution is 2.14. The summed E-state index contributed by atoms with van der Waals surface area (Å²) in [6, 6.07) is 15.5. The molecule has 2 aromatic carbocycles. The van der Waals surface area contributed by atoms with E-state index < -0.39 is 0 Å². The molecule has 82 valence electrons. The average Bonchev–Trinajstić information content (AvgIpc) is 2.27. The standard InChI is InChI=1S/C16H18/c1-12-4-7-15(8-5-12)11-16-9-6-13(2)14(3)10-16/h4-10H,11H2,1-3H3. The van der Waals surface area contributed by atoms with Gasteiger partial charge in [-0.05, 0) is 49.4 Å². The lowest BCUT2D eigenvalue weighted by atomic mass is 10.00. The van der Waals surface area contributed by atoms with E-state index in [1.54, 1.807) is 0 Å². The summed E-state index contributed by atoms with van der Waals surface area (Å²) < 4.78 is 0. The highest BCUT2D eigenvalue weighted by Gasteiger charge is 1.98. The molecule has 0 heteroatoms. The van der Waals surface area contributed by atoms with Gasteiger partial charge < -0.3 is 0 Å². The Morgan fingerprint density at radius 2 is 1.31 bits per heavy atom. The van der Waals surface area contributed by atoms with Crippen LogP contribution in [0.25, 0.3) is 0 Å². The monoisotopic (exact) mass is 210 g/mol. The van der Waals surface area contributed by atoms with Gasteiger partial charge in [0.15, 0.2) is 0 Å². The summed E-state index contributed by atoms with van der Waals surface area (Å²) in [5, 5.41) is 0. The predicted octanol–water partition coefficient (Wildman–Crippen LogP) is 4.20. The maximum atomic E-state index is 2.29. The van der Waals surface area contributed by atoms with Crippen LogP contribution in [0.3, 0.4) is 0 Å². The van der Waals surface area contributed by atoms with Gasteiger partial charge in [0.25, 0.3) is 0 Å². The summed E-state index contributed by atoms with van der Waals surface area (Å²) >= 11 is 0. The minimum absolute atomic E-state index is 1.03. The minimum atomic E-state index is 1.03. The summed E-state index contributed by atoms with van der Waals surface area (Å²) in [6.07, 6.45) is 1.03. The van der Waals surface area contributed by atoms with E-state index in [-0.39, 0.29) is 0 Å². The first-order valence-corrected chi connectivity index (χ1v) is 5.77. The first-order valence-electron chi connectivity index (χ1n) is 5.77. The molecule has 0 spiro atoms. The van der Waals surface area contributed by atoms with E-state index in [2.05, 4.69) is 63.2 Å². The van der Waals surface area contributed by atoms with Crippen LogP contribution in [0.4, 0.5) is 0 Å². The molecule has 2 aromatic rings. The van der Waals surface area contributed by atoms with E-state index in [4.69, 9.17) is 0 Å². The van der Waals surface area contributed by atoms with Gasteiger partial charge in [-0.15, -0.1) is 0 Å². The molecule has 16 heavy (non-hydrogen) atoms. The van der Waals surface area contributed by atoms with Gasteiger partial charge in [-0.25, -0.2) is 0 Å². The van der Waals surface area contributed by atoms with Crippen molar-refractivity contribution in [2.45, 2.75) is 27.2 Å². The molecular formula is C16H18. The summed E-state index contributed by atoms with van der Waals surface area (Å²) in [5.74, 6) is 0. The Bertz CT molecular complexity index is 478. The van der Waals surface area contributed by atoms with Crippen molar-refractivity contribution in [2.75, 3.05) is 0 Å². The maximum Gasteiger partial charge on any atom is -0.00257 e. The minimum Gasteiger partial charge on any atom is -0.0590 e. The highest BCUT2D eigenvalue weighted by molar-refractivity contribution is 5.34. The third-order valence-electron chi connectivity index (χ3n) is 3.10. The van der Waals surface area contributed by atoms with Crippen molar-refractivity contribution in [2.24, 2.45) is 0 Å². The number of hydrogen-bond acceptors (Lipinski definition) is 0. The van der Waals surface area contributed by atoms with Gasteiger partial charge in [-0.2, -0.15) is 0 Å². The SMILES string of the molecule is Cc1ccc(Cc2ccc(C)c(C)c2)cc1. The summed E-state index contributed by atoms with van der Waals surface area (Å²) in [7, 11) is 0. The number of rotatable bonds is 2. The van der Waals surface area contributed by atoms with Crippen LogP contribution in [-0.4, -0.2) is 0 Å². The zero-order chi connectivity index (χ0) is 11.5. The van der Waals surface area contributed by atoms with Crippen LogP contribution in [0.1, 0.15) is 27.8 Å². The molecule has 0 N–H and O–H groups in total. The van der Waals surface area contributed by atoms with Crippen LogP contribution in [0.15, 0.2) is 42.5 Å². The molecule has 0 saturated heterocycles.